The quantitative estimate of drug-likeness (QED) is 0.767. The molecule has 0 atom stereocenters. The van der Waals surface area contributed by atoms with Crippen LogP contribution in [0.1, 0.15) is 25.0 Å². The van der Waals surface area contributed by atoms with Crippen molar-refractivity contribution in [2.24, 2.45) is 0 Å². The van der Waals surface area contributed by atoms with Gasteiger partial charge in [0.25, 0.3) is 0 Å². The summed E-state index contributed by atoms with van der Waals surface area (Å²) in [5.74, 6) is 0.685. The fourth-order valence-electron chi connectivity index (χ4n) is 2.01. The van der Waals surface area contributed by atoms with Gasteiger partial charge in [-0.15, -0.1) is 11.8 Å². The van der Waals surface area contributed by atoms with Crippen molar-refractivity contribution in [3.8, 4) is 0 Å². The Morgan fingerprint density at radius 3 is 2.89 bits per heavy atom. The van der Waals surface area contributed by atoms with E-state index in [-0.39, 0.29) is 5.97 Å². The second-order valence-electron chi connectivity index (χ2n) is 4.36. The molecule has 0 unspecified atom stereocenters. The second-order valence-corrected chi connectivity index (χ2v) is 5.47. The van der Waals surface area contributed by atoms with E-state index in [0.29, 0.717) is 6.61 Å². The number of benzene rings is 1. The van der Waals surface area contributed by atoms with Gasteiger partial charge >= 0.3 is 5.97 Å². The lowest BCUT2D eigenvalue weighted by Crippen LogP contribution is -2.07. The maximum Gasteiger partial charge on any atom is 0.344 e. The van der Waals surface area contributed by atoms with Gasteiger partial charge in [-0.3, -0.25) is 0 Å². The molecule has 1 aromatic carbocycles. The molecule has 0 N–H and O–H groups in total. The van der Waals surface area contributed by atoms with Gasteiger partial charge in [-0.1, -0.05) is 36.4 Å². The summed E-state index contributed by atoms with van der Waals surface area (Å²) in [5.41, 5.74) is 3.52. The minimum Gasteiger partial charge on any atom is -0.462 e. The van der Waals surface area contributed by atoms with E-state index < -0.39 is 0 Å². The van der Waals surface area contributed by atoms with Crippen LogP contribution in [0.15, 0.2) is 40.8 Å². The zero-order valence-electron chi connectivity index (χ0n) is 11.3. The lowest BCUT2D eigenvalue weighted by Gasteiger charge is -2.08. The molecule has 0 aromatic heterocycles. The molecule has 0 bridgehead atoms. The zero-order chi connectivity index (χ0) is 13.7. The van der Waals surface area contributed by atoms with Gasteiger partial charge in [0.1, 0.15) is 0 Å². The van der Waals surface area contributed by atoms with Gasteiger partial charge in [0.2, 0.25) is 0 Å². The number of thioether (sulfide) groups is 1. The number of aryl methyl sites for hydroxylation is 1. The summed E-state index contributed by atoms with van der Waals surface area (Å²) in [4.78, 5) is 12.7. The maximum atomic E-state index is 11.9. The molecule has 1 aliphatic rings. The van der Waals surface area contributed by atoms with E-state index in [1.165, 1.54) is 11.1 Å². The van der Waals surface area contributed by atoms with E-state index in [4.69, 9.17) is 4.74 Å². The first-order chi connectivity index (χ1) is 9.22. The lowest BCUT2D eigenvalue weighted by molar-refractivity contribution is -0.137. The molecule has 1 aliphatic heterocycles. The van der Waals surface area contributed by atoms with Gasteiger partial charge in [0, 0.05) is 5.75 Å². The molecule has 0 amide bonds. The molecule has 2 rings (SSSR count). The van der Waals surface area contributed by atoms with Crippen LogP contribution < -0.4 is 0 Å². The van der Waals surface area contributed by atoms with Crippen LogP contribution in [-0.4, -0.2) is 18.3 Å². The molecule has 3 heteroatoms. The maximum absolute atomic E-state index is 11.9. The number of ether oxygens (including phenoxy) is 1. The van der Waals surface area contributed by atoms with Gasteiger partial charge in [-0.2, -0.15) is 0 Å². The molecule has 19 heavy (non-hydrogen) atoms. The van der Waals surface area contributed by atoms with Crippen LogP contribution in [0.3, 0.4) is 0 Å². The first-order valence-corrected chi connectivity index (χ1v) is 7.47. The third-order valence-electron chi connectivity index (χ3n) is 3.00. The van der Waals surface area contributed by atoms with E-state index in [0.717, 1.165) is 22.7 Å². The Morgan fingerprint density at radius 1 is 1.32 bits per heavy atom. The molecule has 0 aliphatic carbocycles. The predicted octanol–water partition coefficient (Wildman–Crippen LogP) is 3.83. The number of fused-ring (bicyclic) bond motifs is 1. The van der Waals surface area contributed by atoms with Crippen molar-refractivity contribution < 1.29 is 9.53 Å². The van der Waals surface area contributed by atoms with Crippen LogP contribution >= 0.6 is 11.8 Å². The van der Waals surface area contributed by atoms with Crippen LogP contribution in [0.5, 0.6) is 0 Å². The second kappa shape index (κ2) is 6.62. The van der Waals surface area contributed by atoms with Crippen molar-refractivity contribution in [2.75, 3.05) is 12.4 Å². The third-order valence-corrected chi connectivity index (χ3v) is 4.19. The topological polar surface area (TPSA) is 26.3 Å². The molecule has 1 heterocycles. The summed E-state index contributed by atoms with van der Waals surface area (Å²) in [6.45, 7) is 4.21. The van der Waals surface area contributed by atoms with E-state index in [1.807, 2.05) is 26.0 Å². The van der Waals surface area contributed by atoms with E-state index >= 15 is 0 Å². The van der Waals surface area contributed by atoms with Crippen LogP contribution in [0.2, 0.25) is 0 Å². The van der Waals surface area contributed by atoms with E-state index in [1.54, 1.807) is 11.8 Å². The average Bonchev–Trinajstić information content (AvgIpc) is 2.49. The lowest BCUT2D eigenvalue weighted by atomic mass is 10.0. The zero-order valence-corrected chi connectivity index (χ0v) is 12.1. The van der Waals surface area contributed by atoms with Crippen molar-refractivity contribution in [1.82, 2.24) is 0 Å². The summed E-state index contributed by atoms with van der Waals surface area (Å²) in [6, 6.07) is 8.35. The van der Waals surface area contributed by atoms with Gasteiger partial charge in [0.05, 0.1) is 11.5 Å². The highest BCUT2D eigenvalue weighted by Gasteiger charge is 2.15. The van der Waals surface area contributed by atoms with Gasteiger partial charge in [0.15, 0.2) is 0 Å². The Labute approximate surface area is 118 Å². The highest BCUT2D eigenvalue weighted by molar-refractivity contribution is 8.04. The number of hydrogen-bond acceptors (Lipinski definition) is 3. The van der Waals surface area contributed by atoms with Crippen molar-refractivity contribution in [1.29, 1.82) is 0 Å². The standard InChI is InChI=1S/C16H18O2S/c1-3-18-16(17)15-12(2)8-9-13-6-4-5-7-14(13)10-11-19-15/h4-9H,3,10-11H2,1-2H3/b9-8-,15-12-. The van der Waals surface area contributed by atoms with Crippen LogP contribution in [0.4, 0.5) is 0 Å². The van der Waals surface area contributed by atoms with E-state index in [2.05, 4.69) is 24.3 Å². The van der Waals surface area contributed by atoms with E-state index in [9.17, 15) is 4.79 Å². The number of rotatable bonds is 2. The smallest absolute Gasteiger partial charge is 0.344 e. The van der Waals surface area contributed by atoms with Gasteiger partial charge in [-0.05, 0) is 37.0 Å². The Kier molecular flexibility index (Phi) is 4.86. The number of allylic oxidation sites excluding steroid dienone is 2. The monoisotopic (exact) mass is 274 g/mol. The van der Waals surface area contributed by atoms with Crippen LogP contribution in [-0.2, 0) is 16.0 Å². The molecule has 100 valence electrons. The number of esters is 1. The molecule has 0 spiro atoms. The van der Waals surface area contributed by atoms with Crippen molar-refractivity contribution in [3.05, 3.63) is 51.9 Å². The van der Waals surface area contributed by atoms with Gasteiger partial charge < -0.3 is 4.74 Å². The Hall–Kier alpha value is -1.48. The summed E-state index contributed by atoms with van der Waals surface area (Å²) in [7, 11) is 0. The molecule has 0 radical (unpaired) electrons. The summed E-state index contributed by atoms with van der Waals surface area (Å²) >= 11 is 1.58. The summed E-state index contributed by atoms with van der Waals surface area (Å²) in [5, 5.41) is 0. The fourth-order valence-corrected chi connectivity index (χ4v) is 3.01. The largest absolute Gasteiger partial charge is 0.462 e. The van der Waals surface area contributed by atoms with Crippen molar-refractivity contribution >= 4 is 23.8 Å². The summed E-state index contributed by atoms with van der Waals surface area (Å²) < 4.78 is 5.11. The average molecular weight is 274 g/mol. The Balaban J connectivity index is 2.31. The van der Waals surface area contributed by atoms with Crippen LogP contribution in [0.25, 0.3) is 6.08 Å². The highest BCUT2D eigenvalue weighted by atomic mass is 32.2. The highest BCUT2D eigenvalue weighted by Crippen LogP contribution is 2.26. The SMILES string of the molecule is CCOC(=O)/C1=C(C)/C=C\c2ccccc2CCS1. The first kappa shape index (κ1) is 13.9. The van der Waals surface area contributed by atoms with Gasteiger partial charge in [-0.25, -0.2) is 4.79 Å². The minimum atomic E-state index is -0.208. The molecular weight excluding hydrogens is 256 g/mol. The normalized spacial score (nSPS) is 20.7. The molecule has 0 fully saturated rings. The Bertz CT molecular complexity index is 529. The molecule has 0 saturated carbocycles. The molecule has 2 nitrogen and oxygen atoms in total. The molecular formula is C16H18O2S. The fraction of sp³-hybridized carbons (Fsp3) is 0.312. The number of carbonyl (C=O) groups excluding carboxylic acids is 1. The van der Waals surface area contributed by atoms with Crippen molar-refractivity contribution in [3.63, 3.8) is 0 Å². The summed E-state index contributed by atoms with van der Waals surface area (Å²) in [6.07, 6.45) is 5.04. The first-order valence-electron chi connectivity index (χ1n) is 6.49. The van der Waals surface area contributed by atoms with Crippen molar-refractivity contribution in [2.45, 2.75) is 20.3 Å². The number of hydrogen-bond donors (Lipinski definition) is 0. The molecule has 1 aromatic rings. The Morgan fingerprint density at radius 2 is 2.11 bits per heavy atom. The number of carbonyl (C=O) groups is 1. The molecule has 0 saturated heterocycles. The third kappa shape index (κ3) is 3.51. The van der Waals surface area contributed by atoms with Crippen LogP contribution in [0, 0.1) is 0 Å². The predicted molar refractivity (Wildman–Crippen MR) is 81.0 cm³/mol. The minimum absolute atomic E-state index is 0.208.